The number of rotatable bonds is 10. The van der Waals surface area contributed by atoms with Crippen LogP contribution in [-0.2, 0) is 29.6 Å². The Morgan fingerprint density at radius 1 is 0.639 bits per heavy atom. The highest BCUT2D eigenvalue weighted by molar-refractivity contribution is 7.89. The monoisotopic (exact) mass is 576 g/mol. The van der Waals surface area contributed by atoms with Gasteiger partial charge in [-0.3, -0.25) is 9.59 Å². The fraction of sp³-hybridized carbons (Fsp3) is 0.364. The topological polar surface area (TPSA) is 133 Å². The highest BCUT2D eigenvalue weighted by atomic mass is 35.5. The van der Waals surface area contributed by atoms with E-state index >= 15 is 0 Å². The molecule has 0 saturated carbocycles. The van der Waals surface area contributed by atoms with Crippen LogP contribution < -0.4 is 9.44 Å². The van der Waals surface area contributed by atoms with Crippen LogP contribution in [0, 0.1) is 0 Å². The molecule has 0 radical (unpaired) electrons. The lowest BCUT2D eigenvalue weighted by Crippen LogP contribution is -2.51. The Balaban J connectivity index is 1.38. The highest BCUT2D eigenvalue weighted by Crippen LogP contribution is 2.15. The molecule has 1 aliphatic rings. The molecule has 2 amide bonds. The van der Waals surface area contributed by atoms with Gasteiger partial charge in [0.05, 0.1) is 9.79 Å². The standard InChI is InChI=1S/C22H26Cl2N4O6S2/c23-17-1-5-19(6-2-17)35(31,32)25-11-9-21(29)27-13-15-28(16-14-27)22(30)10-12-26-36(33,34)20-7-3-18(24)4-8-20/h1-8,25-26H,9-16H2. The van der Waals surface area contributed by atoms with Crippen molar-refractivity contribution < 1.29 is 26.4 Å². The molecule has 0 bridgehead atoms. The SMILES string of the molecule is O=C(CCNS(=O)(=O)c1ccc(Cl)cc1)N1CCN(C(=O)CCNS(=O)(=O)c2ccc(Cl)cc2)CC1. The number of nitrogens with one attached hydrogen (secondary N) is 2. The molecule has 2 N–H and O–H groups in total. The Hall–Kier alpha value is -2.22. The molecule has 1 heterocycles. The van der Waals surface area contributed by atoms with Gasteiger partial charge in [0.25, 0.3) is 0 Å². The van der Waals surface area contributed by atoms with E-state index in [4.69, 9.17) is 23.2 Å². The number of carbonyl (C=O) groups excluding carboxylic acids is 2. The molecule has 10 nitrogen and oxygen atoms in total. The van der Waals surface area contributed by atoms with Crippen LogP contribution >= 0.6 is 23.2 Å². The van der Waals surface area contributed by atoms with Gasteiger partial charge in [-0.1, -0.05) is 23.2 Å². The van der Waals surface area contributed by atoms with Crippen molar-refractivity contribution in [2.24, 2.45) is 0 Å². The van der Waals surface area contributed by atoms with Crippen LogP contribution in [-0.4, -0.2) is 77.7 Å². The predicted octanol–water partition coefficient (Wildman–Crippen LogP) is 1.70. The molecule has 3 rings (SSSR count). The van der Waals surface area contributed by atoms with Gasteiger partial charge in [-0.25, -0.2) is 26.3 Å². The third kappa shape index (κ3) is 7.89. The molecule has 0 spiro atoms. The minimum absolute atomic E-state index is 0.0206. The summed E-state index contributed by atoms with van der Waals surface area (Å²) in [6.45, 7) is 1.12. The van der Waals surface area contributed by atoms with Gasteiger partial charge in [-0.05, 0) is 48.5 Å². The molecule has 0 aliphatic carbocycles. The van der Waals surface area contributed by atoms with Gasteiger partial charge >= 0.3 is 0 Å². The summed E-state index contributed by atoms with van der Waals surface area (Å²) in [4.78, 5) is 28.2. The Labute approximate surface area is 220 Å². The van der Waals surface area contributed by atoms with E-state index in [1.54, 1.807) is 9.80 Å². The zero-order chi connectivity index (χ0) is 26.3. The van der Waals surface area contributed by atoms with Crippen LogP contribution in [0.4, 0.5) is 0 Å². The Bertz CT molecular complexity index is 1180. The minimum atomic E-state index is -3.75. The molecule has 1 aliphatic heterocycles. The summed E-state index contributed by atoms with van der Waals surface area (Å²) in [6.07, 6.45) is -0.0412. The van der Waals surface area contributed by atoms with E-state index in [1.807, 2.05) is 0 Å². The van der Waals surface area contributed by atoms with E-state index < -0.39 is 20.0 Å². The molecule has 2 aromatic rings. The molecule has 0 aromatic heterocycles. The van der Waals surface area contributed by atoms with Crippen molar-refractivity contribution in [1.29, 1.82) is 0 Å². The number of nitrogens with zero attached hydrogens (tertiary/aromatic N) is 2. The molecule has 36 heavy (non-hydrogen) atoms. The lowest BCUT2D eigenvalue weighted by Gasteiger charge is -2.35. The quantitative estimate of drug-likeness (QED) is 0.442. The van der Waals surface area contributed by atoms with Gasteiger partial charge < -0.3 is 9.80 Å². The second-order valence-electron chi connectivity index (χ2n) is 7.96. The average molecular weight is 578 g/mol. The zero-order valence-corrected chi connectivity index (χ0v) is 22.3. The largest absolute Gasteiger partial charge is 0.339 e. The van der Waals surface area contributed by atoms with Crippen molar-refractivity contribution >= 4 is 55.1 Å². The first-order valence-corrected chi connectivity index (χ1v) is 14.8. The second kappa shape index (κ2) is 12.3. The lowest BCUT2D eigenvalue weighted by atomic mass is 10.2. The van der Waals surface area contributed by atoms with Gasteiger partial charge in [0.2, 0.25) is 31.9 Å². The number of hydrogen-bond donors (Lipinski definition) is 2. The zero-order valence-electron chi connectivity index (χ0n) is 19.2. The van der Waals surface area contributed by atoms with Crippen LogP contribution in [0.1, 0.15) is 12.8 Å². The minimum Gasteiger partial charge on any atom is -0.339 e. The number of amides is 2. The maximum atomic E-state index is 12.5. The summed E-state index contributed by atoms with van der Waals surface area (Å²) in [6, 6.07) is 11.4. The highest BCUT2D eigenvalue weighted by Gasteiger charge is 2.25. The number of hydrogen-bond acceptors (Lipinski definition) is 6. The Kier molecular flexibility index (Phi) is 9.72. The van der Waals surface area contributed by atoms with Gasteiger partial charge in [0.1, 0.15) is 0 Å². The van der Waals surface area contributed by atoms with Crippen LogP contribution in [0.5, 0.6) is 0 Å². The fourth-order valence-electron chi connectivity index (χ4n) is 3.50. The molecule has 196 valence electrons. The first kappa shape index (κ1) is 28.4. The van der Waals surface area contributed by atoms with Gasteiger partial charge in [0.15, 0.2) is 0 Å². The van der Waals surface area contributed by atoms with Gasteiger partial charge in [-0.2, -0.15) is 0 Å². The molecule has 1 saturated heterocycles. The van der Waals surface area contributed by atoms with E-state index in [2.05, 4.69) is 9.44 Å². The summed E-state index contributed by atoms with van der Waals surface area (Å²) >= 11 is 11.5. The van der Waals surface area contributed by atoms with E-state index in [1.165, 1.54) is 48.5 Å². The molecule has 0 unspecified atom stereocenters. The molecule has 1 fully saturated rings. The number of piperazine rings is 1. The van der Waals surface area contributed by atoms with Crippen molar-refractivity contribution in [2.75, 3.05) is 39.3 Å². The van der Waals surface area contributed by atoms with Crippen LogP contribution in [0.3, 0.4) is 0 Å². The molecular formula is C22H26Cl2N4O6S2. The third-order valence-corrected chi connectivity index (χ3v) is 8.95. The van der Waals surface area contributed by atoms with Crippen LogP contribution in [0.15, 0.2) is 58.3 Å². The number of benzene rings is 2. The summed E-state index contributed by atoms with van der Waals surface area (Å²) in [5.74, 6) is -0.451. The molecular weight excluding hydrogens is 551 g/mol. The van der Waals surface area contributed by atoms with E-state index in [0.717, 1.165) is 0 Å². The normalized spacial score (nSPS) is 14.6. The van der Waals surface area contributed by atoms with Gasteiger partial charge in [0, 0.05) is 62.2 Å². The van der Waals surface area contributed by atoms with Crippen LogP contribution in [0.25, 0.3) is 0 Å². The average Bonchev–Trinajstić information content (AvgIpc) is 2.84. The van der Waals surface area contributed by atoms with Crippen LogP contribution in [0.2, 0.25) is 10.0 Å². The van der Waals surface area contributed by atoms with E-state index in [-0.39, 0.29) is 47.5 Å². The fourth-order valence-corrected chi connectivity index (χ4v) is 5.82. The predicted molar refractivity (Wildman–Crippen MR) is 136 cm³/mol. The first-order chi connectivity index (χ1) is 17.0. The third-order valence-electron chi connectivity index (χ3n) is 5.49. The van der Waals surface area contributed by atoms with Crippen molar-refractivity contribution in [2.45, 2.75) is 22.6 Å². The molecule has 0 atom stereocenters. The summed E-state index contributed by atoms with van der Waals surface area (Å²) in [5, 5.41) is 0.835. The maximum Gasteiger partial charge on any atom is 0.240 e. The number of halogens is 2. The van der Waals surface area contributed by atoms with Crippen molar-refractivity contribution in [3.63, 3.8) is 0 Å². The Morgan fingerprint density at radius 3 is 1.25 bits per heavy atom. The number of carbonyl (C=O) groups is 2. The molecule has 14 heteroatoms. The summed E-state index contributed by atoms with van der Waals surface area (Å²) in [5.41, 5.74) is 0. The summed E-state index contributed by atoms with van der Waals surface area (Å²) in [7, 11) is -7.50. The first-order valence-electron chi connectivity index (χ1n) is 11.0. The van der Waals surface area contributed by atoms with Crippen molar-refractivity contribution in [3.8, 4) is 0 Å². The summed E-state index contributed by atoms with van der Waals surface area (Å²) < 4.78 is 54.0. The van der Waals surface area contributed by atoms with E-state index in [9.17, 15) is 26.4 Å². The lowest BCUT2D eigenvalue weighted by molar-refractivity contribution is -0.139. The van der Waals surface area contributed by atoms with Crippen molar-refractivity contribution in [1.82, 2.24) is 19.2 Å². The molecule has 2 aromatic carbocycles. The second-order valence-corrected chi connectivity index (χ2v) is 12.4. The van der Waals surface area contributed by atoms with Gasteiger partial charge in [-0.15, -0.1) is 0 Å². The number of sulfonamides is 2. The van der Waals surface area contributed by atoms with E-state index in [0.29, 0.717) is 36.2 Å². The Morgan fingerprint density at radius 2 is 0.944 bits per heavy atom. The van der Waals surface area contributed by atoms with Crippen molar-refractivity contribution in [3.05, 3.63) is 58.6 Å². The maximum absolute atomic E-state index is 12.5. The smallest absolute Gasteiger partial charge is 0.240 e.